The van der Waals surface area contributed by atoms with Crippen LogP contribution in [0.5, 0.6) is 5.75 Å². The monoisotopic (exact) mass is 426 g/mol. The minimum Gasteiger partial charge on any atom is -0.486 e. The van der Waals surface area contributed by atoms with E-state index in [2.05, 4.69) is 11.8 Å². The smallest absolute Gasteiger partial charge is 0.409 e. The molecule has 0 atom stereocenters. The zero-order valence-electron chi connectivity index (χ0n) is 16.3. The van der Waals surface area contributed by atoms with Crippen molar-refractivity contribution in [2.75, 3.05) is 6.61 Å². The second kappa shape index (κ2) is 10.8. The number of benzene rings is 2. The lowest BCUT2D eigenvalue weighted by atomic mass is 10.0. The van der Waals surface area contributed by atoms with Crippen molar-refractivity contribution < 1.29 is 31.1 Å². The third-order valence-corrected chi connectivity index (χ3v) is 4.08. The van der Waals surface area contributed by atoms with Crippen molar-refractivity contribution in [2.24, 2.45) is 0 Å². The van der Waals surface area contributed by atoms with Crippen LogP contribution in [0.1, 0.15) is 42.9 Å². The van der Waals surface area contributed by atoms with E-state index in [-0.39, 0.29) is 17.4 Å². The van der Waals surface area contributed by atoms with Crippen LogP contribution in [-0.4, -0.2) is 12.8 Å². The Morgan fingerprint density at radius 1 is 0.933 bits per heavy atom. The summed E-state index contributed by atoms with van der Waals surface area (Å²) >= 11 is 0. The van der Waals surface area contributed by atoms with Crippen LogP contribution in [0.2, 0.25) is 0 Å². The molecular formula is C23H20F6O. The maximum atomic E-state index is 14.2. The molecule has 0 fully saturated rings. The lowest BCUT2D eigenvalue weighted by Gasteiger charge is -2.05. The number of aryl methyl sites for hydroxylation is 1. The van der Waals surface area contributed by atoms with Crippen molar-refractivity contribution in [2.45, 2.75) is 38.8 Å². The minimum atomic E-state index is -4.47. The second-order valence-corrected chi connectivity index (χ2v) is 6.54. The molecule has 7 heteroatoms. The Morgan fingerprint density at radius 2 is 1.63 bits per heavy atom. The van der Waals surface area contributed by atoms with Gasteiger partial charge < -0.3 is 4.74 Å². The zero-order chi connectivity index (χ0) is 22.1. The van der Waals surface area contributed by atoms with Crippen LogP contribution < -0.4 is 4.74 Å². The highest BCUT2D eigenvalue weighted by Gasteiger charge is 2.21. The Morgan fingerprint density at radius 3 is 2.23 bits per heavy atom. The first kappa shape index (κ1) is 23.4. The SMILES string of the molecule is CCCCCc1cc(F)c(C#Cc2ccc(OCC=CC(F)(F)F)c(F)c2)c(F)c1. The van der Waals surface area contributed by atoms with Crippen LogP contribution in [-0.2, 0) is 6.42 Å². The number of alkyl halides is 3. The molecular weight excluding hydrogens is 406 g/mol. The Bertz CT molecular complexity index is 927. The molecule has 160 valence electrons. The van der Waals surface area contributed by atoms with Gasteiger partial charge in [0.05, 0.1) is 5.56 Å². The van der Waals surface area contributed by atoms with Crippen molar-refractivity contribution in [3.05, 3.63) is 76.6 Å². The highest BCUT2D eigenvalue weighted by molar-refractivity contribution is 5.46. The summed E-state index contributed by atoms with van der Waals surface area (Å²) in [6.45, 7) is 1.56. The summed E-state index contributed by atoms with van der Waals surface area (Å²) in [5.41, 5.74) is 0.278. The van der Waals surface area contributed by atoms with Gasteiger partial charge >= 0.3 is 6.18 Å². The fourth-order valence-corrected chi connectivity index (χ4v) is 2.62. The van der Waals surface area contributed by atoms with Crippen LogP contribution in [0.15, 0.2) is 42.5 Å². The van der Waals surface area contributed by atoms with Gasteiger partial charge in [-0.3, -0.25) is 0 Å². The number of ether oxygens (including phenoxy) is 1. The minimum absolute atomic E-state index is 0.0110. The average Bonchev–Trinajstić information content (AvgIpc) is 2.65. The molecule has 2 rings (SSSR count). The zero-order valence-corrected chi connectivity index (χ0v) is 16.3. The predicted octanol–water partition coefficient (Wildman–Crippen LogP) is 6.73. The van der Waals surface area contributed by atoms with Gasteiger partial charge in [-0.15, -0.1) is 0 Å². The number of hydrogen-bond acceptors (Lipinski definition) is 1. The maximum absolute atomic E-state index is 14.2. The van der Waals surface area contributed by atoms with Crippen molar-refractivity contribution in [3.63, 3.8) is 0 Å². The highest BCUT2D eigenvalue weighted by Crippen LogP contribution is 2.20. The molecule has 0 aliphatic rings. The van der Waals surface area contributed by atoms with Crippen LogP contribution in [0, 0.1) is 29.3 Å². The average molecular weight is 426 g/mol. The third-order valence-electron chi connectivity index (χ3n) is 4.08. The molecule has 0 bridgehead atoms. The van der Waals surface area contributed by atoms with Gasteiger partial charge in [0, 0.05) is 11.6 Å². The van der Waals surface area contributed by atoms with Crippen molar-refractivity contribution in [3.8, 4) is 17.6 Å². The molecule has 0 aromatic heterocycles. The highest BCUT2D eigenvalue weighted by atomic mass is 19.4. The Hall–Kier alpha value is -2.88. The third kappa shape index (κ3) is 7.51. The molecule has 0 heterocycles. The lowest BCUT2D eigenvalue weighted by Crippen LogP contribution is -2.03. The Kier molecular flexibility index (Phi) is 8.40. The van der Waals surface area contributed by atoms with E-state index in [1.165, 1.54) is 24.3 Å². The molecule has 0 unspecified atom stereocenters. The van der Waals surface area contributed by atoms with E-state index in [1.807, 2.05) is 6.92 Å². The van der Waals surface area contributed by atoms with Crippen molar-refractivity contribution in [1.29, 1.82) is 0 Å². The second-order valence-electron chi connectivity index (χ2n) is 6.54. The molecule has 0 N–H and O–H groups in total. The van der Waals surface area contributed by atoms with Gasteiger partial charge in [-0.1, -0.05) is 31.6 Å². The summed E-state index contributed by atoms with van der Waals surface area (Å²) in [6, 6.07) is 5.99. The van der Waals surface area contributed by atoms with Gasteiger partial charge in [0.2, 0.25) is 0 Å². The van der Waals surface area contributed by atoms with E-state index in [9.17, 15) is 26.3 Å². The number of hydrogen-bond donors (Lipinski definition) is 0. The predicted molar refractivity (Wildman–Crippen MR) is 103 cm³/mol. The fraction of sp³-hybridized carbons (Fsp3) is 0.304. The van der Waals surface area contributed by atoms with Crippen LogP contribution in [0.25, 0.3) is 0 Å². The van der Waals surface area contributed by atoms with E-state index in [0.717, 1.165) is 25.3 Å². The molecule has 0 aliphatic heterocycles. The summed E-state index contributed by atoms with van der Waals surface area (Å²) in [4.78, 5) is 0. The van der Waals surface area contributed by atoms with E-state index in [4.69, 9.17) is 4.74 Å². The normalized spacial score (nSPS) is 11.4. The van der Waals surface area contributed by atoms with E-state index >= 15 is 0 Å². The molecule has 0 spiro atoms. The fourth-order valence-electron chi connectivity index (χ4n) is 2.62. The molecule has 2 aromatic carbocycles. The standard InChI is InChI=1S/C23H20F6O/c1-2-3-4-6-17-14-19(24)18(20(25)15-17)9-7-16-8-10-22(21(26)13-16)30-12-5-11-23(27,28)29/h5,8,10-11,13-15H,2-4,6,12H2,1H3. The van der Waals surface area contributed by atoms with Gasteiger partial charge in [-0.25, -0.2) is 13.2 Å². The summed E-state index contributed by atoms with van der Waals surface area (Å²) in [5, 5.41) is 0. The number of unbranched alkanes of at least 4 members (excludes halogenated alkanes) is 2. The first-order valence-electron chi connectivity index (χ1n) is 9.36. The van der Waals surface area contributed by atoms with Gasteiger partial charge in [0.1, 0.15) is 18.2 Å². The van der Waals surface area contributed by atoms with E-state index in [0.29, 0.717) is 18.1 Å². The summed E-state index contributed by atoms with van der Waals surface area (Å²) in [6.07, 6.45) is -0.401. The first-order chi connectivity index (χ1) is 14.2. The molecule has 0 radical (unpaired) electrons. The summed E-state index contributed by atoms with van der Waals surface area (Å²) < 4.78 is 83.3. The molecule has 0 saturated carbocycles. The molecule has 1 nitrogen and oxygen atoms in total. The van der Waals surface area contributed by atoms with Crippen LogP contribution >= 0.6 is 0 Å². The lowest BCUT2D eigenvalue weighted by molar-refractivity contribution is -0.0801. The molecule has 0 aliphatic carbocycles. The van der Waals surface area contributed by atoms with E-state index in [1.54, 1.807) is 0 Å². The van der Waals surface area contributed by atoms with Gasteiger partial charge in [-0.05, 0) is 54.8 Å². The first-order valence-corrected chi connectivity index (χ1v) is 9.36. The summed E-state index contributed by atoms with van der Waals surface area (Å²) in [5.74, 6) is 2.16. The molecule has 0 saturated heterocycles. The Balaban J connectivity index is 2.09. The van der Waals surface area contributed by atoms with Crippen LogP contribution in [0.3, 0.4) is 0 Å². The van der Waals surface area contributed by atoms with Crippen LogP contribution in [0.4, 0.5) is 26.3 Å². The van der Waals surface area contributed by atoms with Gasteiger partial charge in [0.25, 0.3) is 0 Å². The largest absolute Gasteiger partial charge is 0.486 e. The molecule has 0 amide bonds. The summed E-state index contributed by atoms with van der Waals surface area (Å²) in [7, 11) is 0. The maximum Gasteiger partial charge on any atom is 0.409 e. The van der Waals surface area contributed by atoms with Gasteiger partial charge in [-0.2, -0.15) is 13.2 Å². The number of rotatable bonds is 7. The number of allylic oxidation sites excluding steroid dienone is 1. The number of halogens is 6. The Labute approximate surface area is 171 Å². The van der Waals surface area contributed by atoms with Crippen molar-refractivity contribution >= 4 is 0 Å². The van der Waals surface area contributed by atoms with E-state index < -0.39 is 35.8 Å². The molecule has 2 aromatic rings. The van der Waals surface area contributed by atoms with Crippen molar-refractivity contribution in [1.82, 2.24) is 0 Å². The quantitative estimate of drug-likeness (QED) is 0.206. The van der Waals surface area contributed by atoms with Gasteiger partial charge in [0.15, 0.2) is 11.6 Å². The topological polar surface area (TPSA) is 9.23 Å². The molecule has 30 heavy (non-hydrogen) atoms.